The maximum Gasteiger partial charge on any atom is 0.225 e. The van der Waals surface area contributed by atoms with E-state index in [4.69, 9.17) is 9.47 Å². The average Bonchev–Trinajstić information content (AvgIpc) is 3.49. The van der Waals surface area contributed by atoms with Crippen LogP contribution in [0.5, 0.6) is 11.5 Å². The van der Waals surface area contributed by atoms with Crippen LogP contribution in [0.3, 0.4) is 0 Å². The van der Waals surface area contributed by atoms with E-state index in [0.29, 0.717) is 11.4 Å². The van der Waals surface area contributed by atoms with E-state index < -0.39 is 9.84 Å². The Bertz CT molecular complexity index is 1270. The SMILES string of the molecule is COc1ccc(S(=O)(=O)c2csc3c2NC(=O)C[C@@H]3c2ccccc2OC2CCCC2)cc1. The third-order valence-electron chi connectivity index (χ3n) is 6.31. The number of fused-ring (bicyclic) bond motifs is 1. The van der Waals surface area contributed by atoms with Crippen molar-refractivity contribution >= 4 is 32.8 Å². The molecule has 172 valence electrons. The molecule has 5 rings (SSSR count). The number of hydrogen-bond acceptors (Lipinski definition) is 6. The Morgan fingerprint density at radius 1 is 1.03 bits per heavy atom. The summed E-state index contributed by atoms with van der Waals surface area (Å²) in [5.74, 6) is 0.903. The summed E-state index contributed by atoms with van der Waals surface area (Å²) in [6.45, 7) is 0. The number of carbonyl (C=O) groups excluding carboxylic acids is 1. The van der Waals surface area contributed by atoms with Crippen molar-refractivity contribution < 1.29 is 22.7 Å². The quantitative estimate of drug-likeness (QED) is 0.509. The second-order valence-corrected chi connectivity index (χ2v) is 11.2. The van der Waals surface area contributed by atoms with E-state index in [1.54, 1.807) is 17.5 Å². The van der Waals surface area contributed by atoms with Crippen LogP contribution >= 0.6 is 11.3 Å². The summed E-state index contributed by atoms with van der Waals surface area (Å²) in [5.41, 5.74) is 1.31. The largest absolute Gasteiger partial charge is 0.497 e. The molecule has 1 saturated carbocycles. The number of hydrogen-bond donors (Lipinski definition) is 1. The van der Waals surface area contributed by atoms with Crippen molar-refractivity contribution in [3.8, 4) is 11.5 Å². The number of rotatable bonds is 6. The van der Waals surface area contributed by atoms with Crippen LogP contribution in [0.2, 0.25) is 0 Å². The molecule has 2 aromatic carbocycles. The van der Waals surface area contributed by atoms with Crippen LogP contribution < -0.4 is 14.8 Å². The Kier molecular flexibility index (Phi) is 5.88. The molecule has 3 aromatic rings. The molecule has 1 aliphatic carbocycles. The minimum Gasteiger partial charge on any atom is -0.497 e. The number of ether oxygens (including phenoxy) is 2. The molecule has 8 heteroatoms. The molecule has 1 aliphatic heterocycles. The van der Waals surface area contributed by atoms with Crippen molar-refractivity contribution in [1.29, 1.82) is 0 Å². The molecule has 0 radical (unpaired) electrons. The van der Waals surface area contributed by atoms with Gasteiger partial charge in [-0.05, 0) is 56.0 Å². The predicted octanol–water partition coefficient (Wildman–Crippen LogP) is 5.39. The normalized spacial score (nSPS) is 18.6. The molecule has 2 heterocycles. The van der Waals surface area contributed by atoms with Gasteiger partial charge in [0, 0.05) is 28.2 Å². The number of methoxy groups -OCH3 is 1. The van der Waals surface area contributed by atoms with Crippen LogP contribution in [0.25, 0.3) is 0 Å². The number of benzene rings is 2. The van der Waals surface area contributed by atoms with Crippen LogP contribution in [0.15, 0.2) is 63.7 Å². The standard InChI is InChI=1S/C25H25NO5S2/c1-30-16-10-12-18(13-11-16)33(28,29)22-15-32-25-20(14-23(27)26-24(22)25)19-8-4-5-9-21(19)31-17-6-2-3-7-17/h4-5,8-13,15,17,20H,2-3,6-7,14H2,1H3,(H,26,27)/t20-/m1/s1. The van der Waals surface area contributed by atoms with Crippen LogP contribution in [0.1, 0.15) is 48.5 Å². The topological polar surface area (TPSA) is 81.7 Å². The number of amides is 1. The van der Waals surface area contributed by atoms with Crippen molar-refractivity contribution in [3.63, 3.8) is 0 Å². The molecule has 0 bridgehead atoms. The molecule has 2 aliphatic rings. The van der Waals surface area contributed by atoms with Crippen molar-refractivity contribution in [2.75, 3.05) is 12.4 Å². The lowest BCUT2D eigenvalue weighted by Crippen LogP contribution is -2.24. The van der Waals surface area contributed by atoms with E-state index in [1.165, 1.54) is 43.4 Å². The van der Waals surface area contributed by atoms with Crippen LogP contribution in [-0.4, -0.2) is 27.5 Å². The third-order valence-corrected chi connectivity index (χ3v) is 9.34. The maximum absolute atomic E-state index is 13.4. The molecule has 0 spiro atoms. The summed E-state index contributed by atoms with van der Waals surface area (Å²) in [7, 11) is -2.28. The van der Waals surface area contributed by atoms with Crippen molar-refractivity contribution in [2.45, 2.75) is 53.9 Å². The fraction of sp³-hybridized carbons (Fsp3) is 0.320. The van der Waals surface area contributed by atoms with E-state index in [1.807, 2.05) is 24.3 Å². The van der Waals surface area contributed by atoms with Crippen molar-refractivity contribution in [2.24, 2.45) is 0 Å². The van der Waals surface area contributed by atoms with Gasteiger partial charge in [-0.25, -0.2) is 8.42 Å². The van der Waals surface area contributed by atoms with Gasteiger partial charge in [-0.2, -0.15) is 0 Å². The van der Waals surface area contributed by atoms with Crippen LogP contribution in [-0.2, 0) is 14.6 Å². The smallest absolute Gasteiger partial charge is 0.225 e. The van der Waals surface area contributed by atoms with Gasteiger partial charge in [-0.15, -0.1) is 11.3 Å². The van der Waals surface area contributed by atoms with E-state index in [2.05, 4.69) is 5.32 Å². The van der Waals surface area contributed by atoms with Gasteiger partial charge in [0.05, 0.1) is 23.8 Å². The Hall–Kier alpha value is -2.84. The number of nitrogens with one attached hydrogen (secondary N) is 1. The van der Waals surface area contributed by atoms with E-state index in [0.717, 1.165) is 29.0 Å². The lowest BCUT2D eigenvalue weighted by atomic mass is 9.90. The maximum atomic E-state index is 13.4. The van der Waals surface area contributed by atoms with Gasteiger partial charge in [0.15, 0.2) is 0 Å². The van der Waals surface area contributed by atoms with Crippen LogP contribution in [0, 0.1) is 0 Å². The molecule has 0 unspecified atom stereocenters. The Labute approximate surface area is 197 Å². The summed E-state index contributed by atoms with van der Waals surface area (Å²) >= 11 is 1.36. The summed E-state index contributed by atoms with van der Waals surface area (Å²) in [6, 6.07) is 14.1. The Morgan fingerprint density at radius 3 is 2.48 bits per heavy atom. The second-order valence-electron chi connectivity index (χ2n) is 8.39. The van der Waals surface area contributed by atoms with Gasteiger partial charge >= 0.3 is 0 Å². The number of para-hydroxylation sites is 1. The van der Waals surface area contributed by atoms with Crippen molar-refractivity contribution in [3.05, 3.63) is 64.4 Å². The highest BCUT2D eigenvalue weighted by Gasteiger charge is 2.35. The lowest BCUT2D eigenvalue weighted by molar-refractivity contribution is -0.116. The first-order chi connectivity index (χ1) is 16.0. The average molecular weight is 484 g/mol. The molecule has 1 fully saturated rings. The number of carbonyl (C=O) groups is 1. The minimum absolute atomic E-state index is 0.125. The number of anilines is 1. The first kappa shape index (κ1) is 22.0. The van der Waals surface area contributed by atoms with E-state index in [9.17, 15) is 13.2 Å². The predicted molar refractivity (Wildman–Crippen MR) is 127 cm³/mol. The summed E-state index contributed by atoms with van der Waals surface area (Å²) in [5, 5.41) is 4.45. The van der Waals surface area contributed by atoms with Gasteiger partial charge in [0.25, 0.3) is 0 Å². The highest BCUT2D eigenvalue weighted by molar-refractivity contribution is 7.91. The molecule has 33 heavy (non-hydrogen) atoms. The minimum atomic E-state index is -3.81. The van der Waals surface area contributed by atoms with Crippen LogP contribution in [0.4, 0.5) is 5.69 Å². The van der Waals surface area contributed by atoms with Gasteiger partial charge < -0.3 is 14.8 Å². The highest BCUT2D eigenvalue weighted by atomic mass is 32.2. The zero-order valence-corrected chi connectivity index (χ0v) is 19.9. The molecule has 1 aromatic heterocycles. The van der Waals surface area contributed by atoms with E-state index >= 15 is 0 Å². The summed E-state index contributed by atoms with van der Waals surface area (Å²) < 4.78 is 38.3. The van der Waals surface area contributed by atoms with Gasteiger partial charge in [-0.3, -0.25) is 4.79 Å². The fourth-order valence-electron chi connectivity index (χ4n) is 4.60. The monoisotopic (exact) mass is 483 g/mol. The second kappa shape index (κ2) is 8.83. The highest BCUT2D eigenvalue weighted by Crippen LogP contribution is 2.48. The molecule has 0 saturated heterocycles. The Morgan fingerprint density at radius 2 is 1.76 bits per heavy atom. The first-order valence-corrected chi connectivity index (χ1v) is 13.4. The lowest BCUT2D eigenvalue weighted by Gasteiger charge is -2.26. The summed E-state index contributed by atoms with van der Waals surface area (Å²) in [6.07, 6.45) is 4.85. The number of thiophene rings is 1. The van der Waals surface area contributed by atoms with E-state index in [-0.39, 0.29) is 34.1 Å². The molecular formula is C25H25NO5S2. The zero-order chi connectivity index (χ0) is 23.0. The molecule has 6 nitrogen and oxygen atoms in total. The Balaban J connectivity index is 1.54. The molecule has 1 atom stereocenters. The first-order valence-electron chi connectivity index (χ1n) is 11.0. The van der Waals surface area contributed by atoms with Gasteiger partial charge in [0.1, 0.15) is 16.4 Å². The van der Waals surface area contributed by atoms with Crippen molar-refractivity contribution in [1.82, 2.24) is 0 Å². The molecule has 1 N–H and O–H groups in total. The van der Waals surface area contributed by atoms with Gasteiger partial charge in [0.2, 0.25) is 15.7 Å². The fourth-order valence-corrected chi connectivity index (χ4v) is 7.50. The molecule has 1 amide bonds. The van der Waals surface area contributed by atoms with Gasteiger partial charge in [-0.1, -0.05) is 18.2 Å². The summed E-state index contributed by atoms with van der Waals surface area (Å²) in [4.78, 5) is 13.8. The third kappa shape index (κ3) is 4.13. The number of sulfone groups is 1. The molecular weight excluding hydrogens is 458 g/mol. The zero-order valence-electron chi connectivity index (χ0n) is 18.2.